The molecule has 0 saturated carbocycles. The van der Waals surface area contributed by atoms with E-state index in [9.17, 15) is 59.1 Å². The zero-order valence-corrected chi connectivity index (χ0v) is 21.9. The molecule has 3 rings (SSSR count). The van der Waals surface area contributed by atoms with E-state index in [1.165, 1.54) is 35.4 Å². The van der Waals surface area contributed by atoms with Crippen LogP contribution >= 0.6 is 15.6 Å². The third-order valence-corrected chi connectivity index (χ3v) is 4.37. The average Bonchev–Trinajstić information content (AvgIpc) is 2.73. The van der Waals surface area contributed by atoms with Crippen molar-refractivity contribution in [1.82, 2.24) is 0 Å². The van der Waals surface area contributed by atoms with Gasteiger partial charge >= 0.3 is 66.0 Å². The van der Waals surface area contributed by atoms with E-state index >= 15 is 0 Å². The van der Waals surface area contributed by atoms with Crippen LogP contribution in [0.5, 0.6) is 0 Å². The molecule has 0 heterocycles. The van der Waals surface area contributed by atoms with Crippen molar-refractivity contribution in [3.8, 4) is 0 Å². The Hall–Kier alpha value is -2.54. The number of halogens is 14. The normalized spacial score (nSPS) is 15.2. The van der Waals surface area contributed by atoms with Crippen LogP contribution < -0.4 is 10.6 Å². The van der Waals surface area contributed by atoms with Gasteiger partial charge in [-0.3, -0.25) is 0 Å². The van der Waals surface area contributed by atoms with Gasteiger partial charge in [-0.25, -0.2) is 8.78 Å². The predicted molar refractivity (Wildman–Crippen MR) is 125 cm³/mol. The first kappa shape index (κ1) is 35.5. The van der Waals surface area contributed by atoms with Crippen LogP contribution in [0.25, 0.3) is 0 Å². The zero-order valence-electron chi connectivity index (χ0n) is 20.1. The van der Waals surface area contributed by atoms with E-state index in [4.69, 9.17) is 0 Å². The van der Waals surface area contributed by atoms with E-state index in [0.717, 1.165) is 37.3 Å². The molecular weight excluding hydrogens is 620 g/mol. The Bertz CT molecular complexity index is 1090. The molecule has 0 aliphatic rings. The minimum atomic E-state index is -10.7. The van der Waals surface area contributed by atoms with Gasteiger partial charge < -0.3 is 10.6 Å². The smallest absolute Gasteiger partial charge is 0.123 e. The largest absolute Gasteiger partial charge is 0.339 e. The van der Waals surface area contributed by atoms with Crippen LogP contribution in [0.1, 0.15) is 22.3 Å². The summed E-state index contributed by atoms with van der Waals surface area (Å²) in [5.74, 6) is -0.388. The van der Waals surface area contributed by atoms with Crippen molar-refractivity contribution < 1.29 is 69.8 Å². The predicted octanol–water partition coefficient (Wildman–Crippen LogP) is 9.26. The molecule has 0 fully saturated rings. The van der Waals surface area contributed by atoms with Gasteiger partial charge in [0.1, 0.15) is 37.8 Å². The van der Waals surface area contributed by atoms with E-state index in [1.807, 2.05) is 24.3 Å². The maximum atomic E-state index is 12.9. The van der Waals surface area contributed by atoms with Crippen molar-refractivity contribution >= 4 is 15.6 Å². The first-order chi connectivity index (χ1) is 17.6. The van der Waals surface area contributed by atoms with Crippen molar-refractivity contribution in [3.05, 3.63) is 107 Å². The van der Waals surface area contributed by atoms with E-state index < -0.39 is 15.6 Å². The second-order valence-corrected chi connectivity index (χ2v) is 12.2. The molecule has 0 aromatic heterocycles. The van der Waals surface area contributed by atoms with Crippen molar-refractivity contribution in [2.45, 2.75) is 26.2 Å². The number of quaternary nitrogens is 2. The van der Waals surface area contributed by atoms with Gasteiger partial charge in [-0.05, 0) is 24.3 Å². The van der Waals surface area contributed by atoms with Crippen molar-refractivity contribution in [2.24, 2.45) is 0 Å². The first-order valence-electron chi connectivity index (χ1n) is 10.9. The number of hydrogen-bond donors (Lipinski definition) is 2. The molecule has 0 saturated heterocycles. The number of benzene rings is 3. The molecule has 3 aromatic rings. The Kier molecular flexibility index (Phi) is 10.1. The number of rotatable bonds is 8. The molecule has 0 bridgehead atoms. The first-order valence-corrected chi connectivity index (χ1v) is 15.0. The minimum absolute atomic E-state index is 0.194. The molecule has 0 radical (unpaired) electrons. The molecule has 18 heteroatoms. The van der Waals surface area contributed by atoms with Gasteiger partial charge in [-0.1, -0.05) is 48.5 Å². The summed E-state index contributed by atoms with van der Waals surface area (Å²) in [7, 11) is -21.3. The van der Waals surface area contributed by atoms with Crippen molar-refractivity contribution in [2.75, 3.05) is 0 Å². The standard InChI is InChI=1S/C22H22F2N2.2F6P/c23-21-9-5-19(6-10-21)15-25-13-17-1-2-18(4-3-17)14-26-16-20-7-11-22(24)12-8-20;2*1-7(2,3,4,5)6/h1-12,25-26H,13-16H2;;/q;2*-1/p+2. The van der Waals surface area contributed by atoms with Crippen LogP contribution in [-0.4, -0.2) is 0 Å². The fourth-order valence-corrected chi connectivity index (χ4v) is 2.86. The van der Waals surface area contributed by atoms with Gasteiger partial charge in [0, 0.05) is 22.3 Å². The van der Waals surface area contributed by atoms with Crippen LogP contribution in [-0.2, 0) is 26.2 Å². The van der Waals surface area contributed by atoms with Crippen LogP contribution in [0.2, 0.25) is 0 Å². The molecule has 2 nitrogen and oxygen atoms in total. The third-order valence-electron chi connectivity index (χ3n) is 4.37. The van der Waals surface area contributed by atoms with Gasteiger partial charge in [0.05, 0.1) is 0 Å². The van der Waals surface area contributed by atoms with Gasteiger partial charge in [0.15, 0.2) is 0 Å². The SMILES string of the molecule is F[P-](F)(F)(F)(F)F.F[P-](F)(F)(F)(F)F.Fc1ccc(C[NH2+]Cc2ccc(C[NH2+]Cc3ccc(F)cc3)cc2)cc1. The summed E-state index contributed by atoms with van der Waals surface area (Å²) in [5.41, 5.74) is 4.79. The molecule has 0 atom stereocenters. The quantitative estimate of drug-likeness (QED) is 0.181. The van der Waals surface area contributed by atoms with Gasteiger partial charge in [0.2, 0.25) is 0 Å². The summed E-state index contributed by atoms with van der Waals surface area (Å²) in [6.07, 6.45) is 0. The van der Waals surface area contributed by atoms with Gasteiger partial charge in [-0.15, -0.1) is 0 Å². The second-order valence-electron chi connectivity index (χ2n) is 8.38. The summed E-state index contributed by atoms with van der Waals surface area (Å²) in [5, 5.41) is 4.42. The summed E-state index contributed by atoms with van der Waals surface area (Å²) < 4.78 is 144. The van der Waals surface area contributed by atoms with Crippen molar-refractivity contribution in [1.29, 1.82) is 0 Å². The minimum Gasteiger partial charge on any atom is -0.339 e. The Labute approximate surface area is 218 Å². The number of hydrogen-bond acceptors (Lipinski definition) is 0. The van der Waals surface area contributed by atoms with Crippen molar-refractivity contribution in [3.63, 3.8) is 0 Å². The Morgan fingerprint density at radius 2 is 0.500 bits per heavy atom. The molecule has 0 aliphatic carbocycles. The number of nitrogens with two attached hydrogens (primary N) is 2. The average molecular weight is 644 g/mol. The molecule has 3 aromatic carbocycles. The molecule has 40 heavy (non-hydrogen) atoms. The maximum absolute atomic E-state index is 12.9. The molecule has 0 spiro atoms. The monoisotopic (exact) mass is 644 g/mol. The molecular formula is C22H24F14N2P2. The van der Waals surface area contributed by atoms with Crippen LogP contribution in [0, 0.1) is 11.6 Å². The Morgan fingerprint density at radius 3 is 0.675 bits per heavy atom. The van der Waals surface area contributed by atoms with Crippen LogP contribution in [0.15, 0.2) is 72.8 Å². The van der Waals surface area contributed by atoms with Crippen LogP contribution in [0.4, 0.5) is 59.1 Å². The summed E-state index contributed by atoms with van der Waals surface area (Å²) in [4.78, 5) is 0. The topological polar surface area (TPSA) is 33.2 Å². The summed E-state index contributed by atoms with van der Waals surface area (Å²) in [6.45, 7) is 3.48. The fourth-order valence-electron chi connectivity index (χ4n) is 2.86. The fraction of sp³-hybridized carbons (Fsp3) is 0.182. The van der Waals surface area contributed by atoms with Crippen LogP contribution in [0.3, 0.4) is 0 Å². The summed E-state index contributed by atoms with van der Waals surface area (Å²) >= 11 is 0. The Balaban J connectivity index is 0.000000473. The Morgan fingerprint density at radius 1 is 0.350 bits per heavy atom. The molecule has 4 N–H and O–H groups in total. The van der Waals surface area contributed by atoms with E-state index in [-0.39, 0.29) is 11.6 Å². The maximum Gasteiger partial charge on any atom is 0.123 e. The molecule has 0 unspecified atom stereocenters. The molecule has 0 aliphatic heterocycles. The van der Waals surface area contributed by atoms with Gasteiger partial charge in [-0.2, -0.15) is 0 Å². The van der Waals surface area contributed by atoms with E-state index in [1.54, 1.807) is 0 Å². The third kappa shape index (κ3) is 27.0. The summed E-state index contributed by atoms with van der Waals surface area (Å²) in [6, 6.07) is 21.9. The second kappa shape index (κ2) is 11.4. The van der Waals surface area contributed by atoms with Gasteiger partial charge in [0.25, 0.3) is 0 Å². The van der Waals surface area contributed by atoms with E-state index in [0.29, 0.717) is 0 Å². The zero-order chi connectivity index (χ0) is 31.0. The van der Waals surface area contributed by atoms with E-state index in [2.05, 4.69) is 34.9 Å². The molecule has 0 amide bonds. The molecule has 230 valence electrons.